The summed E-state index contributed by atoms with van der Waals surface area (Å²) in [6.45, 7) is 2.47. The molecule has 0 aliphatic carbocycles. The Morgan fingerprint density at radius 2 is 1.68 bits per heavy atom. The van der Waals surface area contributed by atoms with Crippen molar-refractivity contribution in [1.82, 2.24) is 15.5 Å². The van der Waals surface area contributed by atoms with Crippen molar-refractivity contribution in [2.24, 2.45) is 0 Å². The van der Waals surface area contributed by atoms with Gasteiger partial charge < -0.3 is 25.5 Å². The van der Waals surface area contributed by atoms with Gasteiger partial charge in [-0.05, 0) is 24.3 Å². The number of aliphatic carboxylic acids is 1. The van der Waals surface area contributed by atoms with E-state index in [4.69, 9.17) is 16.7 Å². The van der Waals surface area contributed by atoms with Gasteiger partial charge in [0.05, 0.1) is 13.0 Å². The lowest BCUT2D eigenvalue weighted by molar-refractivity contribution is -0.137. The highest BCUT2D eigenvalue weighted by atomic mass is 35.5. The number of halogens is 1. The number of hydrogen-bond acceptors (Lipinski definition) is 4. The predicted molar refractivity (Wildman–Crippen MR) is 93.9 cm³/mol. The van der Waals surface area contributed by atoms with E-state index in [1.54, 1.807) is 4.90 Å². The van der Waals surface area contributed by atoms with Gasteiger partial charge in [0.25, 0.3) is 0 Å². The second-order valence-electron chi connectivity index (χ2n) is 5.60. The first kappa shape index (κ1) is 18.9. The van der Waals surface area contributed by atoms with E-state index in [9.17, 15) is 14.4 Å². The zero-order chi connectivity index (χ0) is 18.2. The van der Waals surface area contributed by atoms with Crippen LogP contribution in [-0.4, -0.2) is 67.2 Å². The van der Waals surface area contributed by atoms with E-state index >= 15 is 0 Å². The summed E-state index contributed by atoms with van der Waals surface area (Å²) in [4.78, 5) is 37.8. The summed E-state index contributed by atoms with van der Waals surface area (Å²) in [5.74, 6) is -1.15. The smallest absolute Gasteiger partial charge is 0.315 e. The van der Waals surface area contributed by atoms with Crippen LogP contribution in [0.1, 0.15) is 6.42 Å². The van der Waals surface area contributed by atoms with Gasteiger partial charge in [-0.15, -0.1) is 0 Å². The van der Waals surface area contributed by atoms with E-state index in [1.807, 2.05) is 24.3 Å². The van der Waals surface area contributed by atoms with E-state index in [2.05, 4.69) is 15.5 Å². The summed E-state index contributed by atoms with van der Waals surface area (Å²) < 4.78 is 0. The lowest BCUT2D eigenvalue weighted by Crippen LogP contribution is -2.52. The van der Waals surface area contributed by atoms with Gasteiger partial charge in [0, 0.05) is 43.4 Å². The van der Waals surface area contributed by atoms with E-state index < -0.39 is 12.0 Å². The summed E-state index contributed by atoms with van der Waals surface area (Å²) in [5.41, 5.74) is 1.06. The molecule has 1 aliphatic rings. The van der Waals surface area contributed by atoms with Crippen molar-refractivity contribution in [3.63, 3.8) is 0 Å². The highest BCUT2D eigenvalue weighted by Gasteiger charge is 2.21. The SMILES string of the molecule is O=C(O)CCNC(=O)NCC(=O)N1CCN(c2ccc(Cl)cc2)CC1. The second-order valence-corrected chi connectivity index (χ2v) is 6.03. The number of urea groups is 1. The number of rotatable bonds is 6. The minimum absolute atomic E-state index is 0.0229. The van der Waals surface area contributed by atoms with E-state index in [1.165, 1.54) is 0 Å². The van der Waals surface area contributed by atoms with Gasteiger partial charge in [0.1, 0.15) is 0 Å². The third-order valence-electron chi connectivity index (χ3n) is 3.85. The topological polar surface area (TPSA) is 102 Å². The number of carbonyl (C=O) groups excluding carboxylic acids is 2. The highest BCUT2D eigenvalue weighted by molar-refractivity contribution is 6.30. The molecule has 1 fully saturated rings. The Balaban J connectivity index is 1.69. The molecule has 1 saturated heterocycles. The van der Waals surface area contributed by atoms with Crippen molar-refractivity contribution in [3.8, 4) is 0 Å². The van der Waals surface area contributed by atoms with Gasteiger partial charge in [-0.3, -0.25) is 9.59 Å². The largest absolute Gasteiger partial charge is 0.481 e. The molecule has 3 N–H and O–H groups in total. The van der Waals surface area contributed by atoms with Crippen LogP contribution in [0.3, 0.4) is 0 Å². The first-order valence-corrected chi connectivity index (χ1v) is 8.35. The van der Waals surface area contributed by atoms with Crippen LogP contribution in [0.4, 0.5) is 10.5 Å². The van der Waals surface area contributed by atoms with Crippen molar-refractivity contribution < 1.29 is 19.5 Å². The molecule has 0 unspecified atom stereocenters. The van der Waals surface area contributed by atoms with Gasteiger partial charge in [-0.2, -0.15) is 0 Å². The number of carbonyl (C=O) groups is 3. The summed E-state index contributed by atoms with van der Waals surface area (Å²) >= 11 is 5.88. The van der Waals surface area contributed by atoms with Gasteiger partial charge in [-0.1, -0.05) is 11.6 Å². The van der Waals surface area contributed by atoms with Crippen LogP contribution in [0.15, 0.2) is 24.3 Å². The van der Waals surface area contributed by atoms with Crippen LogP contribution < -0.4 is 15.5 Å². The maximum atomic E-state index is 12.1. The first-order chi connectivity index (χ1) is 12.0. The molecule has 0 spiro atoms. The number of carboxylic acid groups (broad SMARTS) is 1. The van der Waals surface area contributed by atoms with E-state index in [-0.39, 0.29) is 25.4 Å². The summed E-state index contributed by atoms with van der Waals surface area (Å²) in [5, 5.41) is 14.0. The summed E-state index contributed by atoms with van der Waals surface area (Å²) in [6, 6.07) is 7.02. The second kappa shape index (κ2) is 9.12. The molecule has 2 rings (SSSR count). The Bertz CT molecular complexity index is 615. The number of carboxylic acids is 1. The number of hydrogen-bond donors (Lipinski definition) is 3. The molecule has 1 aromatic carbocycles. The molecule has 0 saturated carbocycles. The highest BCUT2D eigenvalue weighted by Crippen LogP contribution is 2.19. The van der Waals surface area contributed by atoms with Gasteiger partial charge >= 0.3 is 12.0 Å². The Morgan fingerprint density at radius 1 is 1.04 bits per heavy atom. The molecule has 0 aromatic heterocycles. The van der Waals surface area contributed by atoms with Crippen molar-refractivity contribution in [1.29, 1.82) is 0 Å². The molecule has 0 bridgehead atoms. The average Bonchev–Trinajstić information content (AvgIpc) is 2.60. The fourth-order valence-corrected chi connectivity index (χ4v) is 2.61. The molecule has 25 heavy (non-hydrogen) atoms. The van der Waals surface area contributed by atoms with Crippen LogP contribution in [0.25, 0.3) is 0 Å². The van der Waals surface area contributed by atoms with E-state index in [0.29, 0.717) is 31.2 Å². The van der Waals surface area contributed by atoms with Crippen LogP contribution >= 0.6 is 11.6 Å². The molecule has 136 valence electrons. The van der Waals surface area contributed by atoms with Crippen molar-refractivity contribution in [3.05, 3.63) is 29.3 Å². The molecule has 3 amide bonds. The Labute approximate surface area is 150 Å². The molecule has 0 radical (unpaired) electrons. The normalized spacial score (nSPS) is 14.1. The van der Waals surface area contributed by atoms with Crippen LogP contribution in [0, 0.1) is 0 Å². The minimum atomic E-state index is -0.991. The minimum Gasteiger partial charge on any atom is -0.481 e. The fraction of sp³-hybridized carbons (Fsp3) is 0.438. The quantitative estimate of drug-likeness (QED) is 0.688. The summed E-state index contributed by atoms with van der Waals surface area (Å²) in [6.07, 6.45) is -0.159. The molecule has 0 atom stereocenters. The van der Waals surface area contributed by atoms with Crippen LogP contribution in [0.2, 0.25) is 5.02 Å². The molecular weight excluding hydrogens is 348 g/mol. The average molecular weight is 369 g/mol. The Morgan fingerprint density at radius 3 is 2.28 bits per heavy atom. The first-order valence-electron chi connectivity index (χ1n) is 7.97. The van der Waals surface area contributed by atoms with E-state index in [0.717, 1.165) is 5.69 Å². The third kappa shape index (κ3) is 6.15. The van der Waals surface area contributed by atoms with Crippen molar-refractivity contribution in [2.45, 2.75) is 6.42 Å². The van der Waals surface area contributed by atoms with Gasteiger partial charge in [-0.25, -0.2) is 4.79 Å². The monoisotopic (exact) mass is 368 g/mol. The molecule has 9 heteroatoms. The maximum absolute atomic E-state index is 12.1. The predicted octanol–water partition coefficient (Wildman–Crippen LogP) is 0.762. The molecule has 8 nitrogen and oxygen atoms in total. The molecule has 1 aromatic rings. The zero-order valence-corrected chi connectivity index (χ0v) is 14.5. The van der Waals surface area contributed by atoms with Crippen LogP contribution in [0.5, 0.6) is 0 Å². The molecule has 1 aliphatic heterocycles. The number of anilines is 1. The Kier molecular flexibility index (Phi) is 6.88. The standard InChI is InChI=1S/C16H21ClN4O4/c17-12-1-3-13(4-2-12)20-7-9-21(10-8-20)14(22)11-19-16(25)18-6-5-15(23)24/h1-4H,5-11H2,(H,23,24)(H2,18,19,25). The molecule has 1 heterocycles. The summed E-state index contributed by atoms with van der Waals surface area (Å²) in [7, 11) is 0. The third-order valence-corrected chi connectivity index (χ3v) is 4.10. The van der Waals surface area contributed by atoms with Crippen LogP contribution in [-0.2, 0) is 9.59 Å². The number of amides is 3. The van der Waals surface area contributed by atoms with Gasteiger partial charge in [0.2, 0.25) is 5.91 Å². The van der Waals surface area contributed by atoms with Gasteiger partial charge in [0.15, 0.2) is 0 Å². The number of benzene rings is 1. The zero-order valence-electron chi connectivity index (χ0n) is 13.7. The Hall–Kier alpha value is -2.48. The maximum Gasteiger partial charge on any atom is 0.315 e. The lowest BCUT2D eigenvalue weighted by Gasteiger charge is -2.36. The number of nitrogens with one attached hydrogen (secondary N) is 2. The molecular formula is C16H21ClN4O4. The lowest BCUT2D eigenvalue weighted by atomic mass is 10.2. The number of nitrogens with zero attached hydrogens (tertiary/aromatic N) is 2. The fourth-order valence-electron chi connectivity index (χ4n) is 2.48. The van der Waals surface area contributed by atoms with Crippen molar-refractivity contribution in [2.75, 3.05) is 44.2 Å². The number of piperazine rings is 1. The van der Waals surface area contributed by atoms with Crippen molar-refractivity contribution >= 4 is 35.2 Å².